The molecule has 0 nitrogen and oxygen atoms in total. The highest BCUT2D eigenvalue weighted by atomic mass is 19.1. The number of fused-ring (bicyclic) bond motifs is 1. The zero-order valence-electron chi connectivity index (χ0n) is 7.91. The minimum absolute atomic E-state index is 0.371. The van der Waals surface area contributed by atoms with Gasteiger partial charge in [-0.05, 0) is 29.7 Å². The molecule has 14 heavy (non-hydrogen) atoms. The number of halogens is 1. The maximum Gasteiger partial charge on any atom is 0.108 e. The van der Waals surface area contributed by atoms with Gasteiger partial charge in [0.15, 0.2) is 0 Å². The Bertz CT molecular complexity index is 363. The quantitative estimate of drug-likeness (QED) is 0.635. The number of rotatable bonds is 3. The van der Waals surface area contributed by atoms with Gasteiger partial charge in [-0.1, -0.05) is 36.4 Å². The summed E-state index contributed by atoms with van der Waals surface area (Å²) in [5, 5.41) is 0. The Kier molecular flexibility index (Phi) is 2.78. The third-order valence-electron chi connectivity index (χ3n) is 2.48. The number of benzene rings is 1. The lowest BCUT2D eigenvalue weighted by Crippen LogP contribution is -1.90. The molecule has 71 valence electrons. The van der Waals surface area contributed by atoms with Crippen LogP contribution in [0.1, 0.15) is 23.5 Å². The van der Waals surface area contributed by atoms with E-state index in [0.717, 1.165) is 6.42 Å². The normalized spacial score (nSPS) is 19.1. The molecule has 0 saturated heterocycles. The van der Waals surface area contributed by atoms with Crippen LogP contribution in [-0.2, 0) is 0 Å². The summed E-state index contributed by atoms with van der Waals surface area (Å²) >= 11 is 0. The summed E-state index contributed by atoms with van der Waals surface area (Å²) in [6.07, 6.45) is 8.64. The first kappa shape index (κ1) is 9.20. The summed E-state index contributed by atoms with van der Waals surface area (Å²) < 4.78 is 11.9. The number of hydrogen-bond acceptors (Lipinski definition) is 0. The predicted octanol–water partition coefficient (Wildman–Crippen LogP) is 3.51. The van der Waals surface area contributed by atoms with Gasteiger partial charge in [-0.25, -0.2) is 4.39 Å². The first-order chi connectivity index (χ1) is 6.92. The van der Waals surface area contributed by atoms with Gasteiger partial charge in [0.1, 0.15) is 6.67 Å². The first-order valence-corrected chi connectivity index (χ1v) is 4.81. The van der Waals surface area contributed by atoms with Crippen LogP contribution in [0.2, 0.25) is 0 Å². The fourth-order valence-corrected chi connectivity index (χ4v) is 1.76. The van der Waals surface area contributed by atoms with E-state index in [1.54, 1.807) is 6.08 Å². The molecule has 1 radical (unpaired) electrons. The van der Waals surface area contributed by atoms with E-state index in [-0.39, 0.29) is 6.67 Å². The predicted molar refractivity (Wildman–Crippen MR) is 56.8 cm³/mol. The van der Waals surface area contributed by atoms with Gasteiger partial charge < -0.3 is 0 Å². The monoisotopic (exact) mass is 187 g/mol. The molecule has 2 rings (SSSR count). The standard InChI is InChI=1S/C13H12F/c14-10-4-3-6-12-9-8-11-5-1-2-7-13(11)12/h1,3-5,7-9,12H,6,10H2/b4-3+. The van der Waals surface area contributed by atoms with Crippen molar-refractivity contribution in [2.24, 2.45) is 0 Å². The van der Waals surface area contributed by atoms with E-state index in [1.165, 1.54) is 11.1 Å². The van der Waals surface area contributed by atoms with Crippen LogP contribution >= 0.6 is 0 Å². The van der Waals surface area contributed by atoms with Crippen molar-refractivity contribution in [3.63, 3.8) is 0 Å². The van der Waals surface area contributed by atoms with Crippen molar-refractivity contribution in [3.8, 4) is 0 Å². The van der Waals surface area contributed by atoms with Crippen molar-refractivity contribution in [1.82, 2.24) is 0 Å². The molecule has 0 heterocycles. The van der Waals surface area contributed by atoms with E-state index in [4.69, 9.17) is 0 Å². The van der Waals surface area contributed by atoms with Crippen molar-refractivity contribution in [1.29, 1.82) is 0 Å². The highest BCUT2D eigenvalue weighted by Gasteiger charge is 2.14. The molecule has 1 heteroatoms. The van der Waals surface area contributed by atoms with Crippen LogP contribution in [0.4, 0.5) is 4.39 Å². The minimum Gasteiger partial charge on any atom is -0.247 e. The lowest BCUT2D eigenvalue weighted by Gasteiger charge is -2.06. The molecule has 1 aliphatic rings. The van der Waals surface area contributed by atoms with E-state index in [9.17, 15) is 4.39 Å². The first-order valence-electron chi connectivity index (χ1n) is 4.81. The van der Waals surface area contributed by atoms with Crippen LogP contribution in [-0.4, -0.2) is 6.67 Å². The molecule has 1 aromatic rings. The third kappa shape index (κ3) is 1.77. The fourth-order valence-electron chi connectivity index (χ4n) is 1.76. The second kappa shape index (κ2) is 4.23. The van der Waals surface area contributed by atoms with Gasteiger partial charge >= 0.3 is 0 Å². The van der Waals surface area contributed by atoms with Crippen LogP contribution in [0.5, 0.6) is 0 Å². The molecule has 0 aliphatic heterocycles. The average molecular weight is 187 g/mol. The Labute approximate surface area is 83.8 Å². The number of allylic oxidation sites excluding steroid dienone is 3. The molecule has 0 fully saturated rings. The second-order valence-electron chi connectivity index (χ2n) is 3.38. The summed E-state index contributed by atoms with van der Waals surface area (Å²) in [7, 11) is 0. The van der Waals surface area contributed by atoms with Crippen LogP contribution in [0, 0.1) is 6.07 Å². The van der Waals surface area contributed by atoms with Gasteiger partial charge in [0, 0.05) is 5.92 Å². The SMILES string of the molecule is FC/C=C/CC1C=Cc2cc[c]cc21. The maximum atomic E-state index is 11.9. The molecular weight excluding hydrogens is 175 g/mol. The summed E-state index contributed by atoms with van der Waals surface area (Å²) in [5.74, 6) is 0.408. The van der Waals surface area contributed by atoms with Gasteiger partial charge in [-0.2, -0.15) is 0 Å². The molecule has 0 spiro atoms. The Hall–Kier alpha value is -1.37. The lowest BCUT2D eigenvalue weighted by molar-refractivity contribution is 0.560. The molecule has 0 aromatic heterocycles. The van der Waals surface area contributed by atoms with E-state index in [1.807, 2.05) is 18.2 Å². The number of hydrogen-bond donors (Lipinski definition) is 0. The average Bonchev–Trinajstić information content (AvgIpc) is 2.63. The fraction of sp³-hybridized carbons (Fsp3) is 0.231. The summed E-state index contributed by atoms with van der Waals surface area (Å²) in [6, 6.07) is 9.07. The molecule has 1 aliphatic carbocycles. The molecule has 0 saturated carbocycles. The van der Waals surface area contributed by atoms with E-state index in [2.05, 4.69) is 24.3 Å². The van der Waals surface area contributed by atoms with Crippen LogP contribution in [0.3, 0.4) is 0 Å². The highest BCUT2D eigenvalue weighted by molar-refractivity contribution is 5.62. The zero-order chi connectivity index (χ0) is 9.80. The molecular formula is C13H12F. The molecule has 0 amide bonds. The smallest absolute Gasteiger partial charge is 0.108 e. The molecule has 0 N–H and O–H groups in total. The van der Waals surface area contributed by atoms with Gasteiger partial charge in [-0.15, -0.1) is 0 Å². The second-order valence-corrected chi connectivity index (χ2v) is 3.38. The zero-order valence-corrected chi connectivity index (χ0v) is 7.91. The van der Waals surface area contributed by atoms with Gasteiger partial charge in [0.25, 0.3) is 0 Å². The summed E-state index contributed by atoms with van der Waals surface area (Å²) in [4.78, 5) is 0. The minimum atomic E-state index is -0.371. The Morgan fingerprint density at radius 2 is 2.36 bits per heavy atom. The molecule has 1 atom stereocenters. The molecule has 1 unspecified atom stereocenters. The van der Waals surface area contributed by atoms with Crippen molar-refractivity contribution in [3.05, 3.63) is 53.6 Å². The summed E-state index contributed by atoms with van der Waals surface area (Å²) in [6.45, 7) is -0.371. The highest BCUT2D eigenvalue weighted by Crippen LogP contribution is 2.32. The maximum absolute atomic E-state index is 11.9. The van der Waals surface area contributed by atoms with Gasteiger partial charge in [0.2, 0.25) is 0 Å². The summed E-state index contributed by atoms with van der Waals surface area (Å²) in [5.41, 5.74) is 2.57. The Morgan fingerprint density at radius 1 is 1.43 bits per heavy atom. The Balaban J connectivity index is 2.11. The molecule has 1 aromatic carbocycles. The largest absolute Gasteiger partial charge is 0.247 e. The van der Waals surface area contributed by atoms with E-state index in [0.29, 0.717) is 5.92 Å². The van der Waals surface area contributed by atoms with Crippen molar-refractivity contribution < 1.29 is 4.39 Å². The van der Waals surface area contributed by atoms with Crippen molar-refractivity contribution >= 4 is 6.08 Å². The molecule has 0 bridgehead atoms. The van der Waals surface area contributed by atoms with Crippen LogP contribution < -0.4 is 0 Å². The topological polar surface area (TPSA) is 0 Å². The number of alkyl halides is 1. The van der Waals surface area contributed by atoms with E-state index >= 15 is 0 Å². The van der Waals surface area contributed by atoms with Crippen LogP contribution in [0.15, 0.2) is 36.4 Å². The van der Waals surface area contributed by atoms with Crippen molar-refractivity contribution in [2.75, 3.05) is 6.67 Å². The van der Waals surface area contributed by atoms with Gasteiger partial charge in [-0.3, -0.25) is 0 Å². The van der Waals surface area contributed by atoms with Crippen molar-refractivity contribution in [2.45, 2.75) is 12.3 Å². The van der Waals surface area contributed by atoms with Crippen LogP contribution in [0.25, 0.3) is 6.08 Å². The van der Waals surface area contributed by atoms with Gasteiger partial charge in [0.05, 0.1) is 0 Å². The lowest BCUT2D eigenvalue weighted by atomic mass is 9.97. The van der Waals surface area contributed by atoms with E-state index < -0.39 is 0 Å². The Morgan fingerprint density at radius 3 is 3.21 bits per heavy atom. The third-order valence-corrected chi connectivity index (χ3v) is 2.48.